The number of urea groups is 1. The molecule has 0 bridgehead atoms. The topological polar surface area (TPSA) is 87.2 Å². The molecule has 1 saturated heterocycles. The van der Waals surface area contributed by atoms with E-state index in [1.54, 1.807) is 44.2 Å². The average Bonchev–Trinajstić information content (AvgIpc) is 2.97. The lowest BCUT2D eigenvalue weighted by Gasteiger charge is -2.27. The Labute approximate surface area is 178 Å². The van der Waals surface area contributed by atoms with Crippen molar-refractivity contribution in [1.29, 1.82) is 0 Å². The molecule has 8 nitrogen and oxygen atoms in total. The number of nitrogens with zero attached hydrogens (tertiary/aromatic N) is 3. The summed E-state index contributed by atoms with van der Waals surface area (Å²) in [5, 5.41) is 0. The van der Waals surface area contributed by atoms with Gasteiger partial charge in [0, 0.05) is 7.05 Å². The Kier molecular flexibility index (Phi) is 6.33. The molecule has 2 aromatic rings. The Balaban J connectivity index is 1.78. The van der Waals surface area contributed by atoms with Crippen LogP contribution >= 0.6 is 0 Å². The Morgan fingerprint density at radius 1 is 1.06 bits per heavy atom. The van der Waals surface area contributed by atoms with Crippen LogP contribution in [0.25, 0.3) is 0 Å². The molecule has 0 N–H and O–H groups in total. The summed E-state index contributed by atoms with van der Waals surface area (Å²) >= 11 is 0. The molecular formula is C22H22FN3O5. The van der Waals surface area contributed by atoms with E-state index in [-0.39, 0.29) is 11.4 Å². The van der Waals surface area contributed by atoms with Crippen molar-refractivity contribution in [2.45, 2.75) is 19.9 Å². The third-order valence-corrected chi connectivity index (χ3v) is 5.08. The van der Waals surface area contributed by atoms with E-state index in [9.17, 15) is 23.6 Å². The van der Waals surface area contributed by atoms with Gasteiger partial charge in [-0.3, -0.25) is 14.4 Å². The summed E-state index contributed by atoms with van der Waals surface area (Å²) in [5.74, 6) is -2.82. The highest BCUT2D eigenvalue weighted by Crippen LogP contribution is 2.32. The fraction of sp³-hybridized carbons (Fsp3) is 0.273. The van der Waals surface area contributed by atoms with Gasteiger partial charge in [0.05, 0.1) is 18.3 Å². The lowest BCUT2D eigenvalue weighted by atomic mass is 10.1. The highest BCUT2D eigenvalue weighted by atomic mass is 19.1. The minimum Gasteiger partial charge on any atom is -0.492 e. The van der Waals surface area contributed by atoms with Crippen molar-refractivity contribution in [2.75, 3.05) is 25.1 Å². The second kappa shape index (κ2) is 8.95. The van der Waals surface area contributed by atoms with Gasteiger partial charge in [-0.05, 0) is 43.7 Å². The molecule has 9 heteroatoms. The molecule has 31 heavy (non-hydrogen) atoms. The summed E-state index contributed by atoms with van der Waals surface area (Å²) in [6.45, 7) is 3.18. The highest BCUT2D eigenvalue weighted by Gasteiger charge is 2.47. The van der Waals surface area contributed by atoms with Gasteiger partial charge in [-0.2, -0.15) is 0 Å². The Morgan fingerprint density at radius 2 is 1.71 bits per heavy atom. The first-order valence-electron chi connectivity index (χ1n) is 9.69. The summed E-state index contributed by atoms with van der Waals surface area (Å²) in [7, 11) is 1.51. The SMILES string of the molecule is CCOc1ccccc1N1C(=O)C(=O)N(CC(=O)N(C)[C@@H](C)c2ccc(F)cc2)C1=O. The van der Waals surface area contributed by atoms with Crippen LogP contribution in [0.15, 0.2) is 48.5 Å². The Morgan fingerprint density at radius 3 is 2.35 bits per heavy atom. The summed E-state index contributed by atoms with van der Waals surface area (Å²) < 4.78 is 18.6. The van der Waals surface area contributed by atoms with Gasteiger partial charge in [-0.1, -0.05) is 24.3 Å². The molecule has 0 unspecified atom stereocenters. The third kappa shape index (κ3) is 4.25. The van der Waals surface area contributed by atoms with Gasteiger partial charge in [0.25, 0.3) is 0 Å². The van der Waals surface area contributed by atoms with Crippen LogP contribution in [-0.2, 0) is 14.4 Å². The zero-order valence-electron chi connectivity index (χ0n) is 17.4. The van der Waals surface area contributed by atoms with E-state index in [4.69, 9.17) is 4.74 Å². The van der Waals surface area contributed by atoms with Crippen molar-refractivity contribution in [3.05, 3.63) is 59.9 Å². The zero-order valence-corrected chi connectivity index (χ0v) is 17.4. The summed E-state index contributed by atoms with van der Waals surface area (Å²) in [5.41, 5.74) is 0.815. The normalized spacial score (nSPS) is 14.8. The van der Waals surface area contributed by atoms with Crippen molar-refractivity contribution in [3.8, 4) is 5.75 Å². The monoisotopic (exact) mass is 427 g/mol. The van der Waals surface area contributed by atoms with E-state index >= 15 is 0 Å². The molecule has 0 saturated carbocycles. The molecule has 162 valence electrons. The van der Waals surface area contributed by atoms with E-state index in [0.29, 0.717) is 22.0 Å². The van der Waals surface area contributed by atoms with E-state index in [1.807, 2.05) is 0 Å². The van der Waals surface area contributed by atoms with Crippen LogP contribution in [-0.4, -0.2) is 53.8 Å². The zero-order chi connectivity index (χ0) is 22.7. The lowest BCUT2D eigenvalue weighted by molar-refractivity contribution is -0.142. The van der Waals surface area contributed by atoms with Crippen molar-refractivity contribution in [1.82, 2.24) is 9.80 Å². The number of rotatable bonds is 7. The first-order valence-corrected chi connectivity index (χ1v) is 9.69. The standard InChI is InChI=1S/C22H22FN3O5/c1-4-31-18-8-6-5-7-17(18)26-21(29)20(28)25(22(26)30)13-19(27)24(3)14(2)15-9-11-16(23)12-10-15/h5-12,14H,4,13H2,1-3H3/t14-/m0/s1. The number of para-hydroxylation sites is 2. The Hall–Kier alpha value is -3.75. The molecule has 0 aliphatic carbocycles. The largest absolute Gasteiger partial charge is 0.492 e. The highest BCUT2D eigenvalue weighted by molar-refractivity contribution is 6.53. The molecule has 0 aromatic heterocycles. The number of amides is 5. The summed E-state index contributed by atoms with van der Waals surface area (Å²) in [4.78, 5) is 53.2. The smallest absolute Gasteiger partial charge is 0.339 e. The number of ether oxygens (including phenoxy) is 1. The molecule has 0 radical (unpaired) electrons. The summed E-state index contributed by atoms with van der Waals surface area (Å²) in [6.07, 6.45) is 0. The van der Waals surface area contributed by atoms with Gasteiger partial charge in [-0.15, -0.1) is 0 Å². The van der Waals surface area contributed by atoms with Gasteiger partial charge >= 0.3 is 17.8 Å². The first-order chi connectivity index (χ1) is 14.8. The number of benzene rings is 2. The van der Waals surface area contributed by atoms with Crippen LogP contribution < -0.4 is 9.64 Å². The van der Waals surface area contributed by atoms with Crippen molar-refractivity contribution >= 4 is 29.4 Å². The number of carbonyl (C=O) groups excluding carboxylic acids is 4. The van der Waals surface area contributed by atoms with Gasteiger partial charge in [0.2, 0.25) is 5.91 Å². The fourth-order valence-corrected chi connectivity index (χ4v) is 3.20. The minimum absolute atomic E-state index is 0.135. The van der Waals surface area contributed by atoms with Crippen LogP contribution in [0.2, 0.25) is 0 Å². The van der Waals surface area contributed by atoms with Crippen LogP contribution in [0.5, 0.6) is 5.75 Å². The van der Waals surface area contributed by atoms with Crippen molar-refractivity contribution < 1.29 is 28.3 Å². The number of hydrogen-bond acceptors (Lipinski definition) is 5. The molecule has 1 atom stereocenters. The van der Waals surface area contributed by atoms with Crippen LogP contribution in [0.1, 0.15) is 25.5 Å². The molecule has 1 heterocycles. The van der Waals surface area contributed by atoms with Crippen LogP contribution in [0.4, 0.5) is 14.9 Å². The fourth-order valence-electron chi connectivity index (χ4n) is 3.20. The van der Waals surface area contributed by atoms with E-state index in [0.717, 1.165) is 0 Å². The van der Waals surface area contributed by atoms with Gasteiger partial charge in [-0.25, -0.2) is 19.0 Å². The number of halogens is 1. The number of hydrogen-bond donors (Lipinski definition) is 0. The van der Waals surface area contributed by atoms with Crippen LogP contribution in [0.3, 0.4) is 0 Å². The molecule has 1 aliphatic rings. The lowest BCUT2D eigenvalue weighted by Crippen LogP contribution is -2.43. The van der Waals surface area contributed by atoms with Gasteiger partial charge in [0.15, 0.2) is 0 Å². The number of carbonyl (C=O) groups is 4. The molecule has 1 aliphatic heterocycles. The predicted octanol–water partition coefficient (Wildman–Crippen LogP) is 2.74. The third-order valence-electron chi connectivity index (χ3n) is 5.08. The molecule has 1 fully saturated rings. The maximum Gasteiger partial charge on any atom is 0.339 e. The second-order valence-corrected chi connectivity index (χ2v) is 6.95. The molecular weight excluding hydrogens is 405 g/mol. The summed E-state index contributed by atoms with van der Waals surface area (Å²) in [6, 6.07) is 10.7. The first kappa shape index (κ1) is 21.9. The van der Waals surface area contributed by atoms with E-state index in [1.165, 1.54) is 30.1 Å². The Bertz CT molecular complexity index is 1020. The minimum atomic E-state index is -1.09. The quantitative estimate of drug-likeness (QED) is 0.501. The molecule has 0 spiro atoms. The molecule has 3 rings (SSSR count). The predicted molar refractivity (Wildman–Crippen MR) is 110 cm³/mol. The van der Waals surface area contributed by atoms with Gasteiger partial charge in [0.1, 0.15) is 18.1 Å². The average molecular weight is 427 g/mol. The number of likely N-dealkylation sites (N-methyl/N-ethyl adjacent to an activating group) is 1. The van der Waals surface area contributed by atoms with Gasteiger partial charge < -0.3 is 9.64 Å². The van der Waals surface area contributed by atoms with Crippen LogP contribution in [0, 0.1) is 5.82 Å². The van der Waals surface area contributed by atoms with Crippen molar-refractivity contribution in [3.63, 3.8) is 0 Å². The molecule has 2 aromatic carbocycles. The molecule has 5 amide bonds. The number of imide groups is 2. The van der Waals surface area contributed by atoms with E-state index in [2.05, 4.69) is 0 Å². The maximum atomic E-state index is 13.1. The number of anilines is 1. The van der Waals surface area contributed by atoms with Crippen molar-refractivity contribution in [2.24, 2.45) is 0 Å². The maximum absolute atomic E-state index is 13.1. The van der Waals surface area contributed by atoms with E-state index < -0.39 is 42.2 Å². The second-order valence-electron chi connectivity index (χ2n) is 6.95.